The van der Waals surface area contributed by atoms with E-state index in [0.29, 0.717) is 19.6 Å². The van der Waals surface area contributed by atoms with Gasteiger partial charge in [-0.3, -0.25) is 0 Å². The van der Waals surface area contributed by atoms with Crippen LogP contribution in [0.4, 0.5) is 8.78 Å². The van der Waals surface area contributed by atoms with Gasteiger partial charge in [0.1, 0.15) is 18.0 Å². The van der Waals surface area contributed by atoms with Gasteiger partial charge in [-0.25, -0.2) is 8.78 Å². The van der Waals surface area contributed by atoms with Crippen molar-refractivity contribution in [2.75, 3.05) is 20.3 Å². The van der Waals surface area contributed by atoms with Crippen LogP contribution in [0, 0.1) is 11.6 Å². The van der Waals surface area contributed by atoms with Crippen molar-refractivity contribution in [2.24, 2.45) is 5.73 Å². The molecular weight excluding hydrogens is 256 g/mol. The maximum atomic E-state index is 13.4. The third-order valence-corrected chi connectivity index (χ3v) is 3.06. The Morgan fingerprint density at radius 3 is 2.79 bits per heavy atom. The van der Waals surface area contributed by atoms with Crippen molar-refractivity contribution < 1.29 is 23.0 Å². The van der Waals surface area contributed by atoms with Crippen molar-refractivity contribution in [1.29, 1.82) is 0 Å². The molecular formula is C13H17F2NO3. The van der Waals surface area contributed by atoms with Gasteiger partial charge in [0.25, 0.3) is 0 Å². The summed E-state index contributed by atoms with van der Waals surface area (Å²) in [4.78, 5) is 0. The lowest BCUT2D eigenvalue weighted by Gasteiger charge is -2.41. The zero-order valence-corrected chi connectivity index (χ0v) is 10.6. The maximum Gasteiger partial charge on any atom is 0.165 e. The van der Waals surface area contributed by atoms with Gasteiger partial charge in [-0.15, -0.1) is 0 Å². The Morgan fingerprint density at radius 2 is 2.11 bits per heavy atom. The minimum Gasteiger partial charge on any atom is -0.484 e. The quantitative estimate of drug-likeness (QED) is 0.798. The van der Waals surface area contributed by atoms with Gasteiger partial charge in [-0.2, -0.15) is 0 Å². The Labute approximate surface area is 110 Å². The van der Waals surface area contributed by atoms with Gasteiger partial charge in [0.2, 0.25) is 0 Å². The van der Waals surface area contributed by atoms with Crippen LogP contribution in [0.25, 0.3) is 0 Å². The fraction of sp³-hybridized carbons (Fsp3) is 0.538. The lowest BCUT2D eigenvalue weighted by atomic mass is 9.86. The van der Waals surface area contributed by atoms with Crippen molar-refractivity contribution >= 4 is 0 Å². The first-order chi connectivity index (χ1) is 9.11. The van der Waals surface area contributed by atoms with Crippen LogP contribution in [0.2, 0.25) is 0 Å². The molecule has 1 aliphatic rings. The molecule has 3 unspecified atom stereocenters. The Hall–Kier alpha value is -1.24. The molecule has 1 aromatic rings. The zero-order chi connectivity index (χ0) is 13.8. The van der Waals surface area contributed by atoms with E-state index in [1.165, 1.54) is 0 Å². The van der Waals surface area contributed by atoms with E-state index in [1.54, 1.807) is 7.11 Å². The molecule has 3 atom stereocenters. The first kappa shape index (κ1) is 14.2. The van der Waals surface area contributed by atoms with E-state index in [4.69, 9.17) is 19.9 Å². The molecule has 0 radical (unpaired) electrons. The lowest BCUT2D eigenvalue weighted by molar-refractivity contribution is -0.107. The Bertz CT molecular complexity index is 430. The van der Waals surface area contributed by atoms with Gasteiger partial charge in [-0.05, 0) is 12.1 Å². The molecule has 1 aliphatic carbocycles. The van der Waals surface area contributed by atoms with Crippen molar-refractivity contribution in [1.82, 2.24) is 0 Å². The third-order valence-electron chi connectivity index (χ3n) is 3.06. The van der Waals surface area contributed by atoms with E-state index in [2.05, 4.69) is 0 Å². The molecule has 0 aliphatic heterocycles. The standard InChI is InChI=1S/C13H17F2NO3/c1-17-4-5-18-13-10(16)7-12(13)19-11-6-8(14)2-3-9(11)15/h2-3,6,10,12-13H,4-5,7,16H2,1H3. The second kappa shape index (κ2) is 6.27. The van der Waals surface area contributed by atoms with Crippen molar-refractivity contribution in [3.8, 4) is 5.75 Å². The lowest BCUT2D eigenvalue weighted by Crippen LogP contribution is -2.59. The first-order valence-corrected chi connectivity index (χ1v) is 6.09. The molecule has 106 valence electrons. The number of methoxy groups -OCH3 is 1. The SMILES string of the molecule is COCCOC1C(N)CC1Oc1cc(F)ccc1F. The number of nitrogens with two attached hydrogens (primary N) is 1. The van der Waals surface area contributed by atoms with Crippen LogP contribution < -0.4 is 10.5 Å². The largest absolute Gasteiger partial charge is 0.484 e. The molecule has 1 saturated carbocycles. The number of ether oxygens (including phenoxy) is 3. The number of benzene rings is 1. The molecule has 0 spiro atoms. The van der Waals surface area contributed by atoms with Gasteiger partial charge in [0.15, 0.2) is 11.6 Å². The van der Waals surface area contributed by atoms with Crippen LogP contribution in [-0.2, 0) is 9.47 Å². The first-order valence-electron chi connectivity index (χ1n) is 6.09. The fourth-order valence-corrected chi connectivity index (χ4v) is 1.96. The fourth-order valence-electron chi connectivity index (χ4n) is 1.96. The molecule has 0 amide bonds. The van der Waals surface area contributed by atoms with Crippen LogP contribution >= 0.6 is 0 Å². The number of halogens is 2. The van der Waals surface area contributed by atoms with Crippen LogP contribution in [-0.4, -0.2) is 38.6 Å². The van der Waals surface area contributed by atoms with Gasteiger partial charge < -0.3 is 19.9 Å². The predicted molar refractivity (Wildman–Crippen MR) is 65.0 cm³/mol. The highest BCUT2D eigenvalue weighted by Crippen LogP contribution is 2.29. The monoisotopic (exact) mass is 273 g/mol. The number of hydrogen-bond acceptors (Lipinski definition) is 4. The minimum absolute atomic E-state index is 0.114. The van der Waals surface area contributed by atoms with Crippen LogP contribution in [0.1, 0.15) is 6.42 Å². The van der Waals surface area contributed by atoms with E-state index in [9.17, 15) is 8.78 Å². The van der Waals surface area contributed by atoms with E-state index in [-0.39, 0.29) is 24.0 Å². The summed E-state index contributed by atoms with van der Waals surface area (Å²) in [5, 5.41) is 0. The predicted octanol–water partition coefficient (Wildman–Crippen LogP) is 1.47. The topological polar surface area (TPSA) is 53.7 Å². The summed E-state index contributed by atoms with van der Waals surface area (Å²) in [6, 6.07) is 2.94. The van der Waals surface area contributed by atoms with Gasteiger partial charge in [-0.1, -0.05) is 0 Å². The Balaban J connectivity index is 1.93. The molecule has 2 N–H and O–H groups in total. The Morgan fingerprint density at radius 1 is 1.32 bits per heavy atom. The van der Waals surface area contributed by atoms with Crippen LogP contribution in [0.3, 0.4) is 0 Å². The summed E-state index contributed by atoms with van der Waals surface area (Å²) >= 11 is 0. The summed E-state index contributed by atoms with van der Waals surface area (Å²) in [6.45, 7) is 0.838. The van der Waals surface area contributed by atoms with E-state index >= 15 is 0 Å². The third kappa shape index (κ3) is 3.40. The van der Waals surface area contributed by atoms with Gasteiger partial charge in [0.05, 0.1) is 13.2 Å². The second-order valence-corrected chi connectivity index (χ2v) is 4.46. The van der Waals surface area contributed by atoms with Crippen molar-refractivity contribution in [2.45, 2.75) is 24.7 Å². The molecule has 1 aromatic carbocycles. The summed E-state index contributed by atoms with van der Waals surface area (Å²) in [6.07, 6.45) is -0.130. The highest BCUT2D eigenvalue weighted by molar-refractivity contribution is 5.25. The molecule has 0 aromatic heterocycles. The normalized spacial score (nSPS) is 26.0. The number of hydrogen-bond donors (Lipinski definition) is 1. The van der Waals surface area contributed by atoms with Gasteiger partial charge >= 0.3 is 0 Å². The molecule has 0 heterocycles. The second-order valence-electron chi connectivity index (χ2n) is 4.46. The van der Waals surface area contributed by atoms with E-state index in [0.717, 1.165) is 18.2 Å². The molecule has 1 fully saturated rings. The van der Waals surface area contributed by atoms with Crippen LogP contribution in [0.15, 0.2) is 18.2 Å². The molecule has 0 saturated heterocycles. The van der Waals surface area contributed by atoms with Crippen LogP contribution in [0.5, 0.6) is 5.75 Å². The van der Waals surface area contributed by atoms with Crippen molar-refractivity contribution in [3.63, 3.8) is 0 Å². The summed E-state index contributed by atoms with van der Waals surface area (Å²) < 4.78 is 42.2. The molecule has 19 heavy (non-hydrogen) atoms. The average Bonchev–Trinajstić information content (AvgIpc) is 2.38. The number of rotatable bonds is 6. The molecule has 6 heteroatoms. The molecule has 0 bridgehead atoms. The maximum absolute atomic E-state index is 13.4. The highest BCUT2D eigenvalue weighted by atomic mass is 19.1. The Kier molecular flexibility index (Phi) is 4.68. The highest BCUT2D eigenvalue weighted by Gasteiger charge is 2.42. The smallest absolute Gasteiger partial charge is 0.165 e. The summed E-state index contributed by atoms with van der Waals surface area (Å²) in [5.41, 5.74) is 5.80. The minimum atomic E-state index is -0.600. The van der Waals surface area contributed by atoms with Gasteiger partial charge in [0, 0.05) is 25.6 Å². The van der Waals surface area contributed by atoms with E-state index in [1.807, 2.05) is 0 Å². The van der Waals surface area contributed by atoms with E-state index < -0.39 is 11.6 Å². The average molecular weight is 273 g/mol. The summed E-state index contributed by atoms with van der Waals surface area (Å²) in [7, 11) is 1.57. The summed E-state index contributed by atoms with van der Waals surface area (Å²) in [5.74, 6) is -1.26. The molecule has 2 rings (SSSR count). The molecule has 4 nitrogen and oxygen atoms in total. The zero-order valence-electron chi connectivity index (χ0n) is 10.6. The van der Waals surface area contributed by atoms with Crippen molar-refractivity contribution in [3.05, 3.63) is 29.8 Å².